The van der Waals surface area contributed by atoms with Gasteiger partial charge in [-0.05, 0) is 6.07 Å². The summed E-state index contributed by atoms with van der Waals surface area (Å²) < 4.78 is 1.71. The summed E-state index contributed by atoms with van der Waals surface area (Å²) in [5, 5.41) is 11.2. The highest BCUT2D eigenvalue weighted by molar-refractivity contribution is 5.92. The Morgan fingerprint density at radius 3 is 2.68 bits per heavy atom. The molecule has 3 aromatic heterocycles. The Kier molecular flexibility index (Phi) is 3.64. The molecule has 1 aliphatic rings. The highest BCUT2D eigenvalue weighted by atomic mass is 16.2. The van der Waals surface area contributed by atoms with Crippen LogP contribution in [0.25, 0.3) is 11.0 Å². The third-order valence-electron chi connectivity index (χ3n) is 4.27. The molecule has 1 aliphatic heterocycles. The molecule has 1 amide bonds. The lowest BCUT2D eigenvalue weighted by Crippen LogP contribution is -2.49. The molecule has 1 fully saturated rings. The van der Waals surface area contributed by atoms with Gasteiger partial charge in [-0.1, -0.05) is 0 Å². The number of hydrogen-bond acceptors (Lipinski definition) is 7. The van der Waals surface area contributed by atoms with Crippen molar-refractivity contribution < 1.29 is 4.79 Å². The zero-order chi connectivity index (χ0) is 17.4. The molecule has 4 heterocycles. The molecule has 0 spiro atoms. The zero-order valence-corrected chi connectivity index (χ0v) is 13.6. The molecule has 1 N–H and O–H groups in total. The van der Waals surface area contributed by atoms with Crippen molar-refractivity contribution in [3.8, 4) is 0 Å². The summed E-state index contributed by atoms with van der Waals surface area (Å²) in [5.74, 6) is 0.637. The van der Waals surface area contributed by atoms with Crippen molar-refractivity contribution in [2.45, 2.75) is 0 Å². The first kappa shape index (κ1) is 15.2. The molecule has 10 heteroatoms. The number of anilines is 1. The standard InChI is InChI=1S/C15H16N8O2/c1-21-13-10(8-18-21)14(17-9-16-13)22-4-6-23(7-5-22)15(25)11-2-3-12(24)20-19-11/h2-3,8-9H,4-7H2,1H3,(H,20,24). The van der Waals surface area contributed by atoms with Gasteiger partial charge in [0.05, 0.1) is 11.6 Å². The molecular weight excluding hydrogens is 324 g/mol. The predicted molar refractivity (Wildman–Crippen MR) is 89.3 cm³/mol. The molecule has 3 aromatic rings. The van der Waals surface area contributed by atoms with Gasteiger partial charge in [0.1, 0.15) is 17.8 Å². The van der Waals surface area contributed by atoms with E-state index in [1.54, 1.807) is 15.8 Å². The van der Waals surface area contributed by atoms with Crippen LogP contribution >= 0.6 is 0 Å². The van der Waals surface area contributed by atoms with Crippen LogP contribution in [0.5, 0.6) is 0 Å². The maximum atomic E-state index is 12.5. The van der Waals surface area contributed by atoms with Gasteiger partial charge in [0, 0.05) is 39.3 Å². The number of aromatic amines is 1. The second-order valence-corrected chi connectivity index (χ2v) is 5.79. The Labute approximate surface area is 142 Å². The predicted octanol–water partition coefficient (Wildman–Crippen LogP) is -0.591. The number of carbonyl (C=O) groups excluding carboxylic acids is 1. The maximum absolute atomic E-state index is 12.5. The number of nitrogens with zero attached hydrogens (tertiary/aromatic N) is 7. The summed E-state index contributed by atoms with van der Waals surface area (Å²) in [6, 6.07) is 2.74. The van der Waals surface area contributed by atoms with Gasteiger partial charge in [0.25, 0.3) is 11.5 Å². The number of piperazine rings is 1. The molecule has 1 saturated heterocycles. The van der Waals surface area contributed by atoms with E-state index in [1.807, 2.05) is 7.05 Å². The smallest absolute Gasteiger partial charge is 0.274 e. The molecular formula is C15H16N8O2. The first-order valence-electron chi connectivity index (χ1n) is 7.86. The minimum atomic E-state index is -0.328. The van der Waals surface area contributed by atoms with Gasteiger partial charge in [-0.2, -0.15) is 10.2 Å². The highest BCUT2D eigenvalue weighted by Gasteiger charge is 2.25. The van der Waals surface area contributed by atoms with Crippen molar-refractivity contribution in [2.24, 2.45) is 7.05 Å². The molecule has 0 radical (unpaired) electrons. The number of aromatic nitrogens is 6. The molecule has 0 unspecified atom stereocenters. The van der Waals surface area contributed by atoms with Crippen LogP contribution in [0.15, 0.2) is 29.5 Å². The van der Waals surface area contributed by atoms with E-state index in [0.717, 1.165) is 16.9 Å². The Hall–Kier alpha value is -3.30. The number of carbonyl (C=O) groups is 1. The van der Waals surface area contributed by atoms with Crippen molar-refractivity contribution in [1.82, 2.24) is 34.8 Å². The fourth-order valence-electron chi connectivity index (χ4n) is 2.95. The van der Waals surface area contributed by atoms with Gasteiger partial charge in [0.15, 0.2) is 5.65 Å². The molecule has 0 aromatic carbocycles. The maximum Gasteiger partial charge on any atom is 0.274 e. The number of amides is 1. The Balaban J connectivity index is 1.50. The van der Waals surface area contributed by atoms with Crippen LogP contribution in [0.2, 0.25) is 0 Å². The molecule has 25 heavy (non-hydrogen) atoms. The summed E-state index contributed by atoms with van der Waals surface area (Å²) in [5.41, 5.74) is 0.691. The third-order valence-corrected chi connectivity index (χ3v) is 4.27. The van der Waals surface area contributed by atoms with Crippen LogP contribution in [0.4, 0.5) is 5.82 Å². The SMILES string of the molecule is Cn1ncc2c(N3CCN(C(=O)c4ccc(=O)[nH]n4)CC3)ncnc21. The normalized spacial score (nSPS) is 14.9. The average molecular weight is 340 g/mol. The third kappa shape index (κ3) is 2.71. The van der Waals surface area contributed by atoms with E-state index in [2.05, 4.69) is 30.2 Å². The van der Waals surface area contributed by atoms with Crippen LogP contribution in [-0.4, -0.2) is 66.9 Å². The summed E-state index contributed by atoms with van der Waals surface area (Å²) in [7, 11) is 1.84. The Morgan fingerprint density at radius 2 is 1.96 bits per heavy atom. The van der Waals surface area contributed by atoms with Crippen molar-refractivity contribution in [2.75, 3.05) is 31.1 Å². The van der Waals surface area contributed by atoms with Crippen molar-refractivity contribution in [3.05, 3.63) is 40.7 Å². The fraction of sp³-hybridized carbons (Fsp3) is 0.333. The van der Waals surface area contributed by atoms with Gasteiger partial charge >= 0.3 is 0 Å². The average Bonchev–Trinajstić information content (AvgIpc) is 3.03. The van der Waals surface area contributed by atoms with E-state index in [-0.39, 0.29) is 17.2 Å². The van der Waals surface area contributed by atoms with Gasteiger partial charge in [-0.3, -0.25) is 14.3 Å². The Morgan fingerprint density at radius 1 is 1.16 bits per heavy atom. The van der Waals surface area contributed by atoms with E-state index in [0.29, 0.717) is 26.2 Å². The second kappa shape index (κ2) is 5.96. The first-order chi connectivity index (χ1) is 12.1. The summed E-state index contributed by atoms with van der Waals surface area (Å²) in [6.45, 7) is 2.39. The van der Waals surface area contributed by atoms with Gasteiger partial charge < -0.3 is 9.80 Å². The quantitative estimate of drug-likeness (QED) is 0.663. The molecule has 0 aliphatic carbocycles. The van der Waals surface area contributed by atoms with Crippen LogP contribution < -0.4 is 10.5 Å². The summed E-state index contributed by atoms with van der Waals surface area (Å²) >= 11 is 0. The lowest BCUT2D eigenvalue weighted by atomic mass is 10.2. The van der Waals surface area contributed by atoms with E-state index in [1.165, 1.54) is 18.5 Å². The molecule has 4 rings (SSSR count). The van der Waals surface area contributed by atoms with Crippen molar-refractivity contribution >= 4 is 22.8 Å². The van der Waals surface area contributed by atoms with Crippen LogP contribution in [0, 0.1) is 0 Å². The minimum Gasteiger partial charge on any atom is -0.352 e. The van der Waals surface area contributed by atoms with E-state index in [9.17, 15) is 9.59 Å². The highest BCUT2D eigenvalue weighted by Crippen LogP contribution is 2.23. The fourth-order valence-corrected chi connectivity index (χ4v) is 2.95. The molecule has 0 bridgehead atoms. The monoisotopic (exact) mass is 340 g/mol. The van der Waals surface area contributed by atoms with Crippen LogP contribution in [-0.2, 0) is 7.05 Å². The molecule has 0 saturated carbocycles. The lowest BCUT2D eigenvalue weighted by Gasteiger charge is -2.35. The van der Waals surface area contributed by atoms with Gasteiger partial charge in [-0.15, -0.1) is 0 Å². The summed E-state index contributed by atoms with van der Waals surface area (Å²) in [6.07, 6.45) is 3.29. The molecule has 0 atom stereocenters. The number of nitrogens with one attached hydrogen (secondary N) is 1. The lowest BCUT2D eigenvalue weighted by molar-refractivity contribution is 0.0739. The van der Waals surface area contributed by atoms with Gasteiger partial charge in [0.2, 0.25) is 0 Å². The largest absolute Gasteiger partial charge is 0.352 e. The van der Waals surface area contributed by atoms with Crippen molar-refractivity contribution in [3.63, 3.8) is 0 Å². The zero-order valence-electron chi connectivity index (χ0n) is 13.6. The molecule has 128 valence electrons. The van der Waals surface area contributed by atoms with Crippen LogP contribution in [0.3, 0.4) is 0 Å². The second-order valence-electron chi connectivity index (χ2n) is 5.79. The minimum absolute atomic E-state index is 0.190. The first-order valence-corrected chi connectivity index (χ1v) is 7.86. The number of rotatable bonds is 2. The van der Waals surface area contributed by atoms with Gasteiger partial charge in [-0.25, -0.2) is 15.1 Å². The molecule has 10 nitrogen and oxygen atoms in total. The van der Waals surface area contributed by atoms with Crippen LogP contribution in [0.1, 0.15) is 10.5 Å². The van der Waals surface area contributed by atoms with Crippen molar-refractivity contribution in [1.29, 1.82) is 0 Å². The topological polar surface area (TPSA) is 113 Å². The number of H-pyrrole nitrogens is 1. The number of hydrogen-bond donors (Lipinski definition) is 1. The van der Waals surface area contributed by atoms with E-state index < -0.39 is 0 Å². The number of aryl methyl sites for hydroxylation is 1. The van der Waals surface area contributed by atoms with E-state index in [4.69, 9.17) is 0 Å². The number of fused-ring (bicyclic) bond motifs is 1. The van der Waals surface area contributed by atoms with E-state index >= 15 is 0 Å². The summed E-state index contributed by atoms with van der Waals surface area (Å²) in [4.78, 5) is 36.0. The Bertz CT molecular complexity index is 966.